The second-order valence-electron chi connectivity index (χ2n) is 5.75. The van der Waals surface area contributed by atoms with Crippen LogP contribution in [0.4, 0.5) is 5.13 Å². The number of nitrogens with zero attached hydrogens (tertiary/aromatic N) is 3. The number of aliphatic hydroxyl groups is 1. The van der Waals surface area contributed by atoms with Gasteiger partial charge in [0, 0.05) is 26.1 Å². The molecule has 2 rings (SSSR count). The molecule has 21 heavy (non-hydrogen) atoms. The SMILES string of the molecule is CC(C)Cc1nnc(NS(=O)(=O)N2CCCC(CO)C2)s1. The van der Waals surface area contributed by atoms with Crippen molar-refractivity contribution >= 4 is 26.7 Å². The van der Waals surface area contributed by atoms with E-state index in [-0.39, 0.29) is 12.5 Å². The van der Waals surface area contributed by atoms with E-state index in [0.717, 1.165) is 24.3 Å². The number of anilines is 1. The van der Waals surface area contributed by atoms with Crippen LogP contribution in [-0.2, 0) is 16.6 Å². The van der Waals surface area contributed by atoms with Gasteiger partial charge < -0.3 is 5.11 Å². The van der Waals surface area contributed by atoms with Crippen LogP contribution < -0.4 is 4.72 Å². The van der Waals surface area contributed by atoms with Crippen molar-refractivity contribution in [1.29, 1.82) is 0 Å². The summed E-state index contributed by atoms with van der Waals surface area (Å²) < 4.78 is 28.5. The fourth-order valence-corrected chi connectivity index (χ4v) is 4.75. The predicted octanol–water partition coefficient (Wildman–Crippen LogP) is 1.10. The molecule has 1 unspecified atom stereocenters. The summed E-state index contributed by atoms with van der Waals surface area (Å²) in [5, 5.41) is 18.2. The van der Waals surface area contributed by atoms with Gasteiger partial charge in [0.05, 0.1) is 0 Å². The molecule has 0 radical (unpaired) electrons. The highest BCUT2D eigenvalue weighted by Crippen LogP contribution is 2.23. The summed E-state index contributed by atoms with van der Waals surface area (Å²) >= 11 is 1.27. The molecular formula is C12H22N4O3S2. The highest BCUT2D eigenvalue weighted by atomic mass is 32.2. The molecule has 9 heteroatoms. The van der Waals surface area contributed by atoms with E-state index >= 15 is 0 Å². The maximum atomic E-state index is 12.3. The lowest BCUT2D eigenvalue weighted by atomic mass is 10.0. The quantitative estimate of drug-likeness (QED) is 0.812. The molecule has 120 valence electrons. The van der Waals surface area contributed by atoms with Crippen molar-refractivity contribution in [2.75, 3.05) is 24.4 Å². The number of piperidine rings is 1. The minimum absolute atomic E-state index is 0.0150. The Labute approximate surface area is 129 Å². The van der Waals surface area contributed by atoms with Crippen LogP contribution >= 0.6 is 11.3 Å². The van der Waals surface area contributed by atoms with Gasteiger partial charge in [-0.3, -0.25) is 0 Å². The first-order valence-corrected chi connectivity index (χ1v) is 9.37. The van der Waals surface area contributed by atoms with Gasteiger partial charge in [0.25, 0.3) is 0 Å². The Morgan fingerprint density at radius 3 is 2.90 bits per heavy atom. The Morgan fingerprint density at radius 1 is 1.48 bits per heavy atom. The van der Waals surface area contributed by atoms with Crippen molar-refractivity contribution in [2.24, 2.45) is 11.8 Å². The molecule has 1 aliphatic rings. The van der Waals surface area contributed by atoms with Crippen molar-refractivity contribution in [1.82, 2.24) is 14.5 Å². The molecule has 0 saturated carbocycles. The van der Waals surface area contributed by atoms with Crippen LogP contribution in [0.2, 0.25) is 0 Å². The van der Waals surface area contributed by atoms with Crippen molar-refractivity contribution in [3.05, 3.63) is 5.01 Å². The largest absolute Gasteiger partial charge is 0.396 e. The molecule has 0 amide bonds. The molecule has 1 fully saturated rings. The number of hydrogen-bond acceptors (Lipinski definition) is 6. The van der Waals surface area contributed by atoms with Crippen molar-refractivity contribution < 1.29 is 13.5 Å². The van der Waals surface area contributed by atoms with E-state index in [1.807, 2.05) is 0 Å². The van der Waals surface area contributed by atoms with E-state index in [1.54, 1.807) is 0 Å². The number of aliphatic hydroxyl groups excluding tert-OH is 1. The van der Waals surface area contributed by atoms with E-state index in [9.17, 15) is 13.5 Å². The standard InChI is InChI=1S/C12H22N4O3S2/c1-9(2)6-11-13-14-12(20-11)15-21(18,19)16-5-3-4-10(7-16)8-17/h9-10,17H,3-8H2,1-2H3,(H,14,15). The first-order valence-electron chi connectivity index (χ1n) is 7.12. The van der Waals surface area contributed by atoms with Gasteiger partial charge in [-0.15, -0.1) is 10.2 Å². The number of rotatable bonds is 6. The zero-order valence-corrected chi connectivity index (χ0v) is 14.0. The second-order valence-corrected chi connectivity index (χ2v) is 8.49. The van der Waals surface area contributed by atoms with Gasteiger partial charge in [-0.25, -0.2) is 4.72 Å². The Hall–Kier alpha value is -0.770. The van der Waals surface area contributed by atoms with Gasteiger partial charge in [-0.05, 0) is 24.7 Å². The van der Waals surface area contributed by atoms with Crippen LogP contribution in [0.3, 0.4) is 0 Å². The molecule has 1 atom stereocenters. The molecule has 0 aromatic carbocycles. The van der Waals surface area contributed by atoms with Gasteiger partial charge >= 0.3 is 10.2 Å². The minimum Gasteiger partial charge on any atom is -0.396 e. The number of nitrogens with one attached hydrogen (secondary N) is 1. The van der Waals surface area contributed by atoms with Crippen molar-refractivity contribution in [3.63, 3.8) is 0 Å². The molecule has 0 bridgehead atoms. The van der Waals surface area contributed by atoms with Crippen LogP contribution in [0.15, 0.2) is 0 Å². The highest BCUT2D eigenvalue weighted by Gasteiger charge is 2.29. The number of hydrogen-bond donors (Lipinski definition) is 2. The first-order chi connectivity index (χ1) is 9.90. The average molecular weight is 334 g/mol. The van der Waals surface area contributed by atoms with Crippen molar-refractivity contribution in [3.8, 4) is 0 Å². The van der Waals surface area contributed by atoms with Crippen molar-refractivity contribution in [2.45, 2.75) is 33.1 Å². The Balaban J connectivity index is 2.01. The van der Waals surface area contributed by atoms with E-state index in [2.05, 4.69) is 28.8 Å². The zero-order chi connectivity index (χ0) is 15.5. The lowest BCUT2D eigenvalue weighted by Crippen LogP contribution is -2.43. The summed E-state index contributed by atoms with van der Waals surface area (Å²) in [5.74, 6) is 0.469. The van der Waals surface area contributed by atoms with Gasteiger partial charge in [0.2, 0.25) is 5.13 Å². The maximum Gasteiger partial charge on any atom is 0.303 e. The van der Waals surface area contributed by atoms with Crippen LogP contribution in [0.5, 0.6) is 0 Å². The summed E-state index contributed by atoms with van der Waals surface area (Å²) in [5.41, 5.74) is 0. The molecule has 2 heterocycles. The lowest BCUT2D eigenvalue weighted by Gasteiger charge is -2.30. The van der Waals surface area contributed by atoms with Gasteiger partial charge in [-0.2, -0.15) is 12.7 Å². The van der Waals surface area contributed by atoms with Gasteiger partial charge in [-0.1, -0.05) is 25.2 Å². The fourth-order valence-electron chi connectivity index (χ4n) is 2.30. The van der Waals surface area contributed by atoms with Crippen LogP contribution in [-0.4, -0.2) is 47.7 Å². The fraction of sp³-hybridized carbons (Fsp3) is 0.833. The lowest BCUT2D eigenvalue weighted by molar-refractivity contribution is 0.166. The third kappa shape index (κ3) is 4.60. The van der Waals surface area contributed by atoms with Gasteiger partial charge in [0.1, 0.15) is 5.01 Å². The first kappa shape index (κ1) is 16.6. The van der Waals surface area contributed by atoms with Crippen LogP contribution in [0.25, 0.3) is 0 Å². The molecular weight excluding hydrogens is 312 g/mol. The Kier molecular flexibility index (Phi) is 5.53. The Morgan fingerprint density at radius 2 is 2.24 bits per heavy atom. The molecule has 7 nitrogen and oxygen atoms in total. The van der Waals surface area contributed by atoms with E-state index < -0.39 is 10.2 Å². The second kappa shape index (κ2) is 6.99. The summed E-state index contributed by atoms with van der Waals surface area (Å²) in [7, 11) is -3.61. The summed E-state index contributed by atoms with van der Waals surface area (Å²) in [4.78, 5) is 0. The zero-order valence-electron chi connectivity index (χ0n) is 12.3. The van der Waals surface area contributed by atoms with Gasteiger partial charge in [0.15, 0.2) is 0 Å². The maximum absolute atomic E-state index is 12.3. The molecule has 1 aliphatic heterocycles. The van der Waals surface area contributed by atoms with E-state index in [4.69, 9.17) is 0 Å². The average Bonchev–Trinajstić information content (AvgIpc) is 2.84. The monoisotopic (exact) mass is 334 g/mol. The minimum atomic E-state index is -3.61. The van der Waals surface area contributed by atoms with Crippen LogP contribution in [0, 0.1) is 11.8 Å². The molecule has 1 aromatic rings. The molecule has 2 N–H and O–H groups in total. The smallest absolute Gasteiger partial charge is 0.303 e. The van der Waals surface area contributed by atoms with E-state index in [0.29, 0.717) is 24.1 Å². The normalized spacial score (nSPS) is 20.9. The third-order valence-electron chi connectivity index (χ3n) is 3.35. The van der Waals surface area contributed by atoms with Crippen LogP contribution in [0.1, 0.15) is 31.7 Å². The summed E-state index contributed by atoms with van der Waals surface area (Å²) in [6.07, 6.45) is 2.41. The summed E-state index contributed by atoms with van der Waals surface area (Å²) in [6, 6.07) is 0. The van der Waals surface area contributed by atoms with E-state index in [1.165, 1.54) is 15.6 Å². The molecule has 0 aliphatic carbocycles. The Bertz CT molecular complexity index is 559. The molecule has 1 saturated heterocycles. The topological polar surface area (TPSA) is 95.4 Å². The summed E-state index contributed by atoms with van der Waals surface area (Å²) in [6.45, 7) is 5.00. The molecule has 1 aromatic heterocycles. The third-order valence-corrected chi connectivity index (χ3v) is 5.80. The number of aromatic nitrogens is 2. The highest BCUT2D eigenvalue weighted by molar-refractivity contribution is 7.90. The molecule has 0 spiro atoms. The predicted molar refractivity (Wildman–Crippen MR) is 82.4 cm³/mol.